The zero-order valence-electron chi connectivity index (χ0n) is 12.0. The SMILES string of the molecule is NCc1cc(-c2ccc3c(c2)CCC3)nc2ccccc12. The summed E-state index contributed by atoms with van der Waals surface area (Å²) in [6, 6.07) is 17.1. The summed E-state index contributed by atoms with van der Waals surface area (Å²) in [6.45, 7) is 0.543. The van der Waals surface area contributed by atoms with E-state index in [1.165, 1.54) is 36.0 Å². The largest absolute Gasteiger partial charge is 0.326 e. The van der Waals surface area contributed by atoms with E-state index >= 15 is 0 Å². The molecule has 4 rings (SSSR count). The summed E-state index contributed by atoms with van der Waals surface area (Å²) < 4.78 is 0. The van der Waals surface area contributed by atoms with Crippen molar-refractivity contribution in [2.24, 2.45) is 5.73 Å². The molecule has 0 saturated carbocycles. The number of nitrogens with two attached hydrogens (primary N) is 1. The molecule has 104 valence electrons. The van der Waals surface area contributed by atoms with Crippen LogP contribution in [0.4, 0.5) is 0 Å². The van der Waals surface area contributed by atoms with Crippen LogP contribution < -0.4 is 5.73 Å². The van der Waals surface area contributed by atoms with Gasteiger partial charge in [-0.2, -0.15) is 0 Å². The number of hydrogen-bond acceptors (Lipinski definition) is 2. The number of pyridine rings is 1. The number of benzene rings is 2. The van der Waals surface area contributed by atoms with Gasteiger partial charge in [0.2, 0.25) is 0 Å². The van der Waals surface area contributed by atoms with Crippen LogP contribution in [-0.2, 0) is 19.4 Å². The molecule has 21 heavy (non-hydrogen) atoms. The van der Waals surface area contributed by atoms with Crippen molar-refractivity contribution in [1.82, 2.24) is 4.98 Å². The van der Waals surface area contributed by atoms with Crippen molar-refractivity contribution in [2.75, 3.05) is 0 Å². The number of hydrogen-bond donors (Lipinski definition) is 1. The highest BCUT2D eigenvalue weighted by molar-refractivity contribution is 5.85. The lowest BCUT2D eigenvalue weighted by Crippen LogP contribution is -1.99. The van der Waals surface area contributed by atoms with E-state index in [1.54, 1.807) is 0 Å². The summed E-state index contributed by atoms with van der Waals surface area (Å²) in [4.78, 5) is 4.82. The van der Waals surface area contributed by atoms with Gasteiger partial charge in [-0.05, 0) is 54.2 Å². The van der Waals surface area contributed by atoms with Crippen molar-refractivity contribution in [2.45, 2.75) is 25.8 Å². The smallest absolute Gasteiger partial charge is 0.0713 e. The molecule has 3 aromatic rings. The van der Waals surface area contributed by atoms with Crippen molar-refractivity contribution in [3.05, 3.63) is 65.2 Å². The van der Waals surface area contributed by atoms with Gasteiger partial charge in [-0.3, -0.25) is 0 Å². The maximum atomic E-state index is 5.93. The number of aryl methyl sites for hydroxylation is 2. The first-order valence-corrected chi connectivity index (χ1v) is 7.56. The summed E-state index contributed by atoms with van der Waals surface area (Å²) in [7, 11) is 0. The van der Waals surface area contributed by atoms with Crippen molar-refractivity contribution in [1.29, 1.82) is 0 Å². The Morgan fingerprint density at radius 3 is 2.71 bits per heavy atom. The number of nitrogens with zero attached hydrogens (tertiary/aromatic N) is 1. The Morgan fingerprint density at radius 2 is 1.81 bits per heavy atom. The molecule has 0 unspecified atom stereocenters. The first kappa shape index (κ1) is 12.5. The zero-order valence-corrected chi connectivity index (χ0v) is 12.0. The van der Waals surface area contributed by atoms with E-state index in [2.05, 4.69) is 36.4 Å². The third-order valence-electron chi connectivity index (χ3n) is 4.42. The predicted octanol–water partition coefficient (Wildman–Crippen LogP) is 3.85. The fourth-order valence-electron chi connectivity index (χ4n) is 3.30. The van der Waals surface area contributed by atoms with Crippen molar-refractivity contribution in [3.63, 3.8) is 0 Å². The average Bonchev–Trinajstić information content (AvgIpc) is 3.01. The lowest BCUT2D eigenvalue weighted by atomic mass is 10.0. The van der Waals surface area contributed by atoms with E-state index < -0.39 is 0 Å². The Hall–Kier alpha value is -2.19. The third kappa shape index (κ3) is 2.12. The van der Waals surface area contributed by atoms with Crippen LogP contribution in [-0.4, -0.2) is 4.98 Å². The van der Waals surface area contributed by atoms with E-state index in [0.29, 0.717) is 6.54 Å². The van der Waals surface area contributed by atoms with Crippen LogP contribution in [0, 0.1) is 0 Å². The van der Waals surface area contributed by atoms with Gasteiger partial charge < -0.3 is 5.73 Å². The summed E-state index contributed by atoms with van der Waals surface area (Å²) in [5.74, 6) is 0. The summed E-state index contributed by atoms with van der Waals surface area (Å²) in [5.41, 5.74) is 13.3. The van der Waals surface area contributed by atoms with Gasteiger partial charge in [-0.25, -0.2) is 4.98 Å². The zero-order chi connectivity index (χ0) is 14.2. The molecule has 1 heterocycles. The summed E-state index contributed by atoms with van der Waals surface area (Å²) in [6.07, 6.45) is 3.69. The molecule has 2 N–H and O–H groups in total. The highest BCUT2D eigenvalue weighted by Crippen LogP contribution is 2.29. The van der Waals surface area contributed by atoms with E-state index in [1.807, 2.05) is 12.1 Å². The number of fused-ring (bicyclic) bond motifs is 2. The maximum absolute atomic E-state index is 5.93. The van der Waals surface area contributed by atoms with Crippen LogP contribution >= 0.6 is 0 Å². The van der Waals surface area contributed by atoms with E-state index in [-0.39, 0.29) is 0 Å². The molecule has 2 nitrogen and oxygen atoms in total. The Bertz CT molecular complexity index is 821. The molecule has 1 aromatic heterocycles. The predicted molar refractivity (Wildman–Crippen MR) is 87.1 cm³/mol. The topological polar surface area (TPSA) is 38.9 Å². The Morgan fingerprint density at radius 1 is 0.952 bits per heavy atom. The number of aromatic nitrogens is 1. The minimum absolute atomic E-state index is 0.543. The first-order chi connectivity index (χ1) is 10.3. The van der Waals surface area contributed by atoms with E-state index in [4.69, 9.17) is 10.7 Å². The second-order valence-electron chi connectivity index (χ2n) is 5.72. The molecule has 1 aliphatic rings. The fraction of sp³-hybridized carbons (Fsp3) is 0.211. The van der Waals surface area contributed by atoms with Gasteiger partial charge in [0.05, 0.1) is 11.2 Å². The first-order valence-electron chi connectivity index (χ1n) is 7.56. The van der Waals surface area contributed by atoms with Gasteiger partial charge >= 0.3 is 0 Å². The molecule has 1 aliphatic carbocycles. The third-order valence-corrected chi connectivity index (χ3v) is 4.42. The van der Waals surface area contributed by atoms with Crippen LogP contribution in [0.3, 0.4) is 0 Å². The molecule has 0 spiro atoms. The van der Waals surface area contributed by atoms with Gasteiger partial charge in [0.1, 0.15) is 0 Å². The van der Waals surface area contributed by atoms with Gasteiger partial charge in [0.25, 0.3) is 0 Å². The van der Waals surface area contributed by atoms with Crippen LogP contribution in [0.1, 0.15) is 23.1 Å². The Balaban J connectivity index is 1.90. The molecule has 0 atom stereocenters. The van der Waals surface area contributed by atoms with Gasteiger partial charge in [0.15, 0.2) is 0 Å². The van der Waals surface area contributed by atoms with Gasteiger partial charge in [0, 0.05) is 17.5 Å². The van der Waals surface area contributed by atoms with Crippen molar-refractivity contribution >= 4 is 10.9 Å². The standard InChI is InChI=1S/C19H18N2/c20-12-16-11-19(21-18-7-2-1-6-17(16)18)15-9-8-13-4-3-5-14(13)10-15/h1-2,6-11H,3-5,12,20H2. The maximum Gasteiger partial charge on any atom is 0.0713 e. The van der Waals surface area contributed by atoms with Crippen LogP contribution in [0.25, 0.3) is 22.2 Å². The van der Waals surface area contributed by atoms with Crippen molar-refractivity contribution < 1.29 is 0 Å². The highest BCUT2D eigenvalue weighted by Gasteiger charge is 2.13. The van der Waals surface area contributed by atoms with Crippen molar-refractivity contribution in [3.8, 4) is 11.3 Å². The minimum Gasteiger partial charge on any atom is -0.326 e. The molecular weight excluding hydrogens is 256 g/mol. The molecule has 0 bridgehead atoms. The Kier molecular flexibility index (Phi) is 2.97. The molecular formula is C19H18N2. The summed E-state index contributed by atoms with van der Waals surface area (Å²) in [5, 5.41) is 1.16. The molecule has 2 aromatic carbocycles. The number of rotatable bonds is 2. The molecule has 0 aliphatic heterocycles. The molecule has 0 fully saturated rings. The average molecular weight is 274 g/mol. The van der Waals surface area contributed by atoms with Gasteiger partial charge in [-0.15, -0.1) is 0 Å². The second kappa shape index (κ2) is 4.97. The van der Waals surface area contributed by atoms with Crippen LogP contribution in [0.2, 0.25) is 0 Å². The second-order valence-corrected chi connectivity index (χ2v) is 5.72. The normalized spacial score (nSPS) is 13.6. The summed E-state index contributed by atoms with van der Waals surface area (Å²) >= 11 is 0. The Labute approximate surface area is 124 Å². The highest BCUT2D eigenvalue weighted by atomic mass is 14.7. The minimum atomic E-state index is 0.543. The molecule has 2 heteroatoms. The lowest BCUT2D eigenvalue weighted by molar-refractivity contribution is 0.912. The number of para-hydroxylation sites is 1. The lowest BCUT2D eigenvalue weighted by Gasteiger charge is -2.09. The van der Waals surface area contributed by atoms with E-state index in [0.717, 1.165) is 22.2 Å². The van der Waals surface area contributed by atoms with Gasteiger partial charge in [-0.1, -0.05) is 30.3 Å². The van der Waals surface area contributed by atoms with E-state index in [9.17, 15) is 0 Å². The molecule has 0 saturated heterocycles. The molecule has 0 radical (unpaired) electrons. The van der Waals surface area contributed by atoms with Crippen LogP contribution in [0.5, 0.6) is 0 Å². The monoisotopic (exact) mass is 274 g/mol. The molecule has 0 amide bonds. The fourth-order valence-corrected chi connectivity index (χ4v) is 3.30. The van der Waals surface area contributed by atoms with Crippen LogP contribution in [0.15, 0.2) is 48.5 Å². The quantitative estimate of drug-likeness (QED) is 0.771.